The van der Waals surface area contributed by atoms with Crippen LogP contribution in [0.1, 0.15) is 23.6 Å². The van der Waals surface area contributed by atoms with Crippen LogP contribution < -0.4 is 5.73 Å². The van der Waals surface area contributed by atoms with Gasteiger partial charge in [-0.25, -0.2) is 0 Å². The maximum absolute atomic E-state index is 11.4. The first kappa shape index (κ1) is 14.6. The predicted molar refractivity (Wildman–Crippen MR) is 66.0 cm³/mol. The van der Waals surface area contributed by atoms with Gasteiger partial charge in [0.05, 0.1) is 29.6 Å². The van der Waals surface area contributed by atoms with Gasteiger partial charge in [0, 0.05) is 18.2 Å². The van der Waals surface area contributed by atoms with Crippen LogP contribution >= 0.6 is 0 Å². The molecule has 1 aromatic carbocycles. The molecule has 100 valence electrons. The summed E-state index contributed by atoms with van der Waals surface area (Å²) in [5, 5.41) is 19.8. The second kappa shape index (κ2) is 6.47. The van der Waals surface area contributed by atoms with Gasteiger partial charge < -0.3 is 10.5 Å². The van der Waals surface area contributed by atoms with E-state index in [0.717, 1.165) is 6.07 Å². The van der Waals surface area contributed by atoms with Crippen LogP contribution in [0.25, 0.3) is 0 Å². The minimum atomic E-state index is -0.600. The summed E-state index contributed by atoms with van der Waals surface area (Å²) in [5.74, 6) is -0.490. The molecule has 0 atom stereocenters. The number of nitro benzene ring substituents is 1. The highest BCUT2D eigenvalue weighted by Gasteiger charge is 2.18. The first-order valence-corrected chi connectivity index (χ1v) is 5.59. The Bertz CT molecular complexity index is 549. The SMILES string of the molecule is CCOC(=O)Cc1cc(CN)c([N+](=O)[O-])cc1C#N. The second-order valence-electron chi connectivity index (χ2n) is 3.69. The Labute approximate surface area is 109 Å². The highest BCUT2D eigenvalue weighted by Crippen LogP contribution is 2.23. The van der Waals surface area contributed by atoms with Gasteiger partial charge in [0.1, 0.15) is 0 Å². The fraction of sp³-hybridized carbons (Fsp3) is 0.333. The predicted octanol–water partition coefficient (Wildman–Crippen LogP) is 1.03. The lowest BCUT2D eigenvalue weighted by molar-refractivity contribution is -0.385. The van der Waals surface area contributed by atoms with Gasteiger partial charge in [0.25, 0.3) is 5.69 Å². The first-order chi connectivity index (χ1) is 9.03. The molecule has 0 aliphatic heterocycles. The molecule has 7 nitrogen and oxygen atoms in total. The third kappa shape index (κ3) is 3.50. The van der Waals surface area contributed by atoms with Crippen molar-refractivity contribution in [2.45, 2.75) is 19.9 Å². The van der Waals surface area contributed by atoms with E-state index in [-0.39, 0.29) is 36.4 Å². The number of ether oxygens (including phenoxy) is 1. The zero-order chi connectivity index (χ0) is 14.4. The van der Waals surface area contributed by atoms with Gasteiger partial charge in [0.2, 0.25) is 0 Å². The van der Waals surface area contributed by atoms with Crippen molar-refractivity contribution in [3.05, 3.63) is 38.9 Å². The largest absolute Gasteiger partial charge is 0.466 e. The quantitative estimate of drug-likeness (QED) is 0.481. The molecule has 7 heteroatoms. The van der Waals surface area contributed by atoms with Gasteiger partial charge >= 0.3 is 5.97 Å². The fourth-order valence-electron chi connectivity index (χ4n) is 1.64. The summed E-state index contributed by atoms with van der Waals surface area (Å²) < 4.78 is 4.78. The molecule has 0 saturated heterocycles. The first-order valence-electron chi connectivity index (χ1n) is 5.59. The Kier molecular flexibility index (Phi) is 4.97. The Morgan fingerprint density at radius 1 is 1.53 bits per heavy atom. The molecule has 0 amide bonds. The van der Waals surface area contributed by atoms with Crippen molar-refractivity contribution in [3.63, 3.8) is 0 Å². The molecular weight excluding hydrogens is 250 g/mol. The molecule has 0 aliphatic rings. The lowest BCUT2D eigenvalue weighted by Crippen LogP contribution is -2.11. The van der Waals surface area contributed by atoms with E-state index in [1.54, 1.807) is 6.92 Å². The minimum Gasteiger partial charge on any atom is -0.466 e. The van der Waals surface area contributed by atoms with Crippen molar-refractivity contribution >= 4 is 11.7 Å². The molecule has 19 heavy (non-hydrogen) atoms. The lowest BCUT2D eigenvalue weighted by atomic mass is 10.0. The zero-order valence-corrected chi connectivity index (χ0v) is 10.4. The molecule has 2 N–H and O–H groups in total. The Morgan fingerprint density at radius 3 is 2.68 bits per heavy atom. The van der Waals surface area contributed by atoms with Crippen molar-refractivity contribution in [2.75, 3.05) is 6.61 Å². The number of nitriles is 1. The molecule has 1 rings (SSSR count). The summed E-state index contributed by atoms with van der Waals surface area (Å²) in [4.78, 5) is 21.6. The second-order valence-corrected chi connectivity index (χ2v) is 3.69. The van der Waals surface area contributed by atoms with Gasteiger partial charge in [-0.2, -0.15) is 5.26 Å². The molecule has 0 heterocycles. The van der Waals surface area contributed by atoms with Crippen molar-refractivity contribution in [1.82, 2.24) is 0 Å². The standard InChI is InChI=1S/C12H13N3O4/c1-2-19-12(16)5-8-3-10(7-14)11(15(17)18)4-9(8)6-13/h3-4H,2,5,7,14H2,1H3. The normalized spacial score (nSPS) is 9.74. The van der Waals surface area contributed by atoms with Crippen LogP contribution in [0.3, 0.4) is 0 Å². The number of rotatable bonds is 5. The van der Waals surface area contributed by atoms with Crippen molar-refractivity contribution in [2.24, 2.45) is 5.73 Å². The summed E-state index contributed by atoms with van der Waals surface area (Å²) in [6.07, 6.45) is -0.109. The van der Waals surface area contributed by atoms with Gasteiger partial charge in [-0.1, -0.05) is 0 Å². The van der Waals surface area contributed by atoms with E-state index in [9.17, 15) is 14.9 Å². The molecule has 0 aromatic heterocycles. The van der Waals surface area contributed by atoms with Gasteiger partial charge in [-0.15, -0.1) is 0 Å². The van der Waals surface area contributed by atoms with Gasteiger partial charge in [0.15, 0.2) is 0 Å². The van der Waals surface area contributed by atoms with E-state index in [1.165, 1.54) is 6.07 Å². The van der Waals surface area contributed by atoms with Gasteiger partial charge in [-0.3, -0.25) is 14.9 Å². The average Bonchev–Trinajstić information content (AvgIpc) is 2.38. The zero-order valence-electron chi connectivity index (χ0n) is 10.4. The summed E-state index contributed by atoms with van der Waals surface area (Å²) >= 11 is 0. The number of nitrogens with two attached hydrogens (primary N) is 1. The monoisotopic (exact) mass is 263 g/mol. The topological polar surface area (TPSA) is 119 Å². The molecule has 0 saturated carbocycles. The Balaban J connectivity index is 3.21. The number of nitrogens with zero attached hydrogens (tertiary/aromatic N) is 2. The van der Waals surface area contributed by atoms with E-state index in [1.807, 2.05) is 6.07 Å². The maximum Gasteiger partial charge on any atom is 0.310 e. The van der Waals surface area contributed by atoms with E-state index in [0.29, 0.717) is 5.56 Å². The Hall–Kier alpha value is -2.46. The highest BCUT2D eigenvalue weighted by atomic mass is 16.6. The Morgan fingerprint density at radius 2 is 2.21 bits per heavy atom. The lowest BCUT2D eigenvalue weighted by Gasteiger charge is -2.07. The third-order valence-electron chi connectivity index (χ3n) is 2.48. The smallest absolute Gasteiger partial charge is 0.310 e. The van der Waals surface area contributed by atoms with Crippen LogP contribution in [-0.4, -0.2) is 17.5 Å². The number of nitro groups is 1. The van der Waals surface area contributed by atoms with Crippen LogP contribution in [0.5, 0.6) is 0 Å². The molecule has 0 radical (unpaired) electrons. The number of carbonyl (C=O) groups is 1. The summed E-state index contributed by atoms with van der Waals surface area (Å²) in [5.41, 5.74) is 5.96. The van der Waals surface area contributed by atoms with Crippen LogP contribution in [0.15, 0.2) is 12.1 Å². The summed E-state index contributed by atoms with van der Waals surface area (Å²) in [7, 11) is 0. The van der Waals surface area contributed by atoms with Crippen molar-refractivity contribution in [3.8, 4) is 6.07 Å². The number of benzene rings is 1. The third-order valence-corrected chi connectivity index (χ3v) is 2.48. The van der Waals surface area contributed by atoms with Crippen molar-refractivity contribution in [1.29, 1.82) is 5.26 Å². The molecule has 0 aliphatic carbocycles. The fourth-order valence-corrected chi connectivity index (χ4v) is 1.64. The van der Waals surface area contributed by atoms with Crippen LogP contribution in [-0.2, 0) is 22.5 Å². The van der Waals surface area contributed by atoms with E-state index in [2.05, 4.69) is 0 Å². The van der Waals surface area contributed by atoms with E-state index in [4.69, 9.17) is 15.7 Å². The highest BCUT2D eigenvalue weighted by molar-refractivity contribution is 5.74. The van der Waals surface area contributed by atoms with Crippen LogP contribution in [0.4, 0.5) is 5.69 Å². The molecular formula is C12H13N3O4. The molecule has 0 spiro atoms. The number of hydrogen-bond donors (Lipinski definition) is 1. The summed E-state index contributed by atoms with van der Waals surface area (Å²) in [6, 6.07) is 4.38. The minimum absolute atomic E-state index is 0.0438. The van der Waals surface area contributed by atoms with Crippen molar-refractivity contribution < 1.29 is 14.5 Å². The number of carbonyl (C=O) groups excluding carboxylic acids is 1. The average molecular weight is 263 g/mol. The number of hydrogen-bond acceptors (Lipinski definition) is 6. The number of esters is 1. The van der Waals surface area contributed by atoms with E-state index < -0.39 is 10.9 Å². The summed E-state index contributed by atoms with van der Waals surface area (Å²) in [6.45, 7) is 1.86. The van der Waals surface area contributed by atoms with Gasteiger partial charge in [-0.05, 0) is 18.6 Å². The molecule has 0 fully saturated rings. The molecule has 0 bridgehead atoms. The van der Waals surface area contributed by atoms with E-state index >= 15 is 0 Å². The van der Waals surface area contributed by atoms with Crippen LogP contribution in [0, 0.1) is 21.4 Å². The van der Waals surface area contributed by atoms with Crippen LogP contribution in [0.2, 0.25) is 0 Å². The maximum atomic E-state index is 11.4. The molecule has 1 aromatic rings. The molecule has 0 unspecified atom stereocenters.